The Labute approximate surface area is 292 Å². The molecule has 6 rings (SSSR count). The summed E-state index contributed by atoms with van der Waals surface area (Å²) >= 11 is 0. The number of fused-ring (bicyclic) bond motifs is 2. The zero-order chi connectivity index (χ0) is 34.0. The molecule has 3 atom stereocenters. The number of piperazine rings is 1. The number of carbonyl (C=O) groups excluding carboxylic acids is 2. The number of nitrogens with two attached hydrogens (primary N) is 2. The van der Waals surface area contributed by atoms with Crippen molar-refractivity contribution in [2.75, 3.05) is 32.7 Å². The average Bonchev–Trinajstić information content (AvgIpc) is 3.14. The molecular formula is C42H55N5O2. The zero-order valence-electron chi connectivity index (χ0n) is 29.1. The Morgan fingerprint density at radius 1 is 0.755 bits per heavy atom. The molecule has 260 valence electrons. The van der Waals surface area contributed by atoms with E-state index in [1.54, 1.807) is 0 Å². The summed E-state index contributed by atoms with van der Waals surface area (Å²) in [5.41, 5.74) is 14.7. The van der Waals surface area contributed by atoms with Crippen molar-refractivity contribution >= 4 is 33.4 Å². The number of aryl methyl sites for hydroxylation is 1. The molecule has 0 radical (unpaired) electrons. The van der Waals surface area contributed by atoms with Crippen LogP contribution in [-0.2, 0) is 22.4 Å². The molecular weight excluding hydrogens is 606 g/mol. The van der Waals surface area contributed by atoms with Crippen molar-refractivity contribution in [3.8, 4) is 0 Å². The summed E-state index contributed by atoms with van der Waals surface area (Å²) < 4.78 is 0. The predicted molar refractivity (Wildman–Crippen MR) is 201 cm³/mol. The monoisotopic (exact) mass is 661 g/mol. The fourth-order valence-corrected chi connectivity index (χ4v) is 8.18. The van der Waals surface area contributed by atoms with Crippen LogP contribution in [0, 0.1) is 5.92 Å². The van der Waals surface area contributed by atoms with Gasteiger partial charge in [-0.2, -0.15) is 0 Å². The molecule has 2 amide bonds. The summed E-state index contributed by atoms with van der Waals surface area (Å²) in [6.07, 6.45) is 10.5. The summed E-state index contributed by atoms with van der Waals surface area (Å²) in [6, 6.07) is 28.9. The van der Waals surface area contributed by atoms with Gasteiger partial charge < -0.3 is 26.6 Å². The number of carbonyl (C=O) groups is 2. The van der Waals surface area contributed by atoms with Gasteiger partial charge in [0.2, 0.25) is 11.8 Å². The van der Waals surface area contributed by atoms with Gasteiger partial charge in [-0.05, 0) is 77.2 Å². The quantitative estimate of drug-likeness (QED) is 0.140. The fourth-order valence-electron chi connectivity index (χ4n) is 8.18. The van der Waals surface area contributed by atoms with Gasteiger partial charge in [0, 0.05) is 44.7 Å². The highest BCUT2D eigenvalue weighted by atomic mass is 16.2. The summed E-state index contributed by atoms with van der Waals surface area (Å²) in [5, 5.41) is 8.17. The Kier molecular flexibility index (Phi) is 12.3. The highest BCUT2D eigenvalue weighted by molar-refractivity contribution is 5.86. The van der Waals surface area contributed by atoms with Crippen LogP contribution < -0.4 is 16.8 Å². The predicted octanol–water partition coefficient (Wildman–Crippen LogP) is 6.20. The van der Waals surface area contributed by atoms with Crippen LogP contribution in [0.4, 0.5) is 0 Å². The zero-order valence-corrected chi connectivity index (χ0v) is 29.1. The smallest absolute Gasteiger partial charge is 0.240 e. The molecule has 4 aromatic carbocycles. The molecule has 2 aliphatic rings. The number of rotatable bonds is 14. The van der Waals surface area contributed by atoms with E-state index in [1.807, 2.05) is 12.1 Å². The van der Waals surface area contributed by atoms with Crippen molar-refractivity contribution in [3.05, 3.63) is 96.1 Å². The van der Waals surface area contributed by atoms with Crippen molar-refractivity contribution in [1.82, 2.24) is 15.1 Å². The Balaban J connectivity index is 1.19. The van der Waals surface area contributed by atoms with Crippen molar-refractivity contribution in [3.63, 3.8) is 0 Å². The first kappa shape index (κ1) is 35.1. The van der Waals surface area contributed by atoms with Gasteiger partial charge in [-0.3, -0.25) is 9.59 Å². The van der Waals surface area contributed by atoms with Crippen molar-refractivity contribution in [2.24, 2.45) is 17.4 Å². The lowest BCUT2D eigenvalue weighted by Crippen LogP contribution is -2.64. The molecule has 4 aromatic rings. The molecule has 2 unspecified atom stereocenters. The van der Waals surface area contributed by atoms with Crippen LogP contribution in [0.1, 0.15) is 68.9 Å². The molecule has 5 N–H and O–H groups in total. The molecule has 1 heterocycles. The molecule has 2 fully saturated rings. The lowest BCUT2D eigenvalue weighted by atomic mass is 9.83. The molecule has 7 nitrogen and oxygen atoms in total. The normalized spacial score (nSPS) is 19.4. The van der Waals surface area contributed by atoms with Crippen LogP contribution in [0.15, 0.2) is 84.9 Å². The molecule has 1 aliphatic heterocycles. The van der Waals surface area contributed by atoms with E-state index in [4.69, 9.17) is 11.5 Å². The minimum Gasteiger partial charge on any atom is -0.336 e. The Morgan fingerprint density at radius 3 is 2.08 bits per heavy atom. The van der Waals surface area contributed by atoms with Gasteiger partial charge in [0.05, 0.1) is 6.04 Å². The van der Waals surface area contributed by atoms with Crippen LogP contribution in [0.2, 0.25) is 0 Å². The first-order valence-electron chi connectivity index (χ1n) is 18.7. The maximum Gasteiger partial charge on any atom is 0.240 e. The van der Waals surface area contributed by atoms with Gasteiger partial charge in [0.25, 0.3) is 0 Å². The maximum absolute atomic E-state index is 14.3. The third kappa shape index (κ3) is 9.27. The molecule has 1 aliphatic carbocycles. The lowest BCUT2D eigenvalue weighted by Gasteiger charge is -2.48. The largest absolute Gasteiger partial charge is 0.336 e. The number of amides is 2. The molecule has 0 spiro atoms. The molecule has 0 bridgehead atoms. The minimum atomic E-state index is -0.628. The van der Waals surface area contributed by atoms with E-state index in [0.717, 1.165) is 43.3 Å². The van der Waals surface area contributed by atoms with Gasteiger partial charge in [0.15, 0.2) is 0 Å². The Morgan fingerprint density at radius 2 is 1.39 bits per heavy atom. The summed E-state index contributed by atoms with van der Waals surface area (Å²) in [5.74, 6) is 0.787. The topological polar surface area (TPSA) is 105 Å². The number of nitrogens with one attached hydrogen (secondary N) is 1. The Hall–Kier alpha value is -3.78. The minimum absolute atomic E-state index is 0.0171. The van der Waals surface area contributed by atoms with E-state index >= 15 is 0 Å². The number of benzene rings is 4. The number of hydrogen-bond acceptors (Lipinski definition) is 5. The van der Waals surface area contributed by atoms with Gasteiger partial charge in [-0.1, -0.05) is 117 Å². The first-order valence-corrected chi connectivity index (χ1v) is 18.7. The standard InChI is InChI=1S/C42H55N5O2/c43-22-24-45-23-8-15-38-29-47(42(49)40(44)28-33-17-20-35-12-5-7-14-37(35)26-33)39(27-31-9-2-1-3-10-31)30-46(38)41(48)21-18-32-16-19-34-11-4-6-13-36(34)25-32/h4-7,11-14,16-17,19-20,25-26,31,38-40,45H,1-3,8-10,15,18,21-24,27-30,43-44H2/t38?,39-,40?/m1/s1. The Bertz CT molecular complexity index is 1680. The highest BCUT2D eigenvalue weighted by Crippen LogP contribution is 2.32. The van der Waals surface area contributed by atoms with E-state index in [2.05, 4.69) is 87.9 Å². The third-order valence-corrected chi connectivity index (χ3v) is 10.9. The second-order valence-corrected chi connectivity index (χ2v) is 14.4. The SMILES string of the molecule is NCCNCCCC1CN(C(=O)C(N)Cc2ccc3ccccc3c2)[C@H](CC2CCCCC2)CN1C(=O)CCc1ccc2ccccc2c1. The van der Waals surface area contributed by atoms with Gasteiger partial charge in [0.1, 0.15) is 0 Å². The number of hydrogen-bond donors (Lipinski definition) is 3. The summed E-state index contributed by atoms with van der Waals surface area (Å²) in [6.45, 7) is 3.34. The van der Waals surface area contributed by atoms with Crippen molar-refractivity contribution in [1.29, 1.82) is 0 Å². The van der Waals surface area contributed by atoms with E-state index in [0.29, 0.717) is 44.8 Å². The van der Waals surface area contributed by atoms with Crippen LogP contribution >= 0.6 is 0 Å². The fraction of sp³-hybridized carbons (Fsp3) is 0.476. The van der Waals surface area contributed by atoms with Crippen LogP contribution in [-0.4, -0.2) is 72.5 Å². The van der Waals surface area contributed by atoms with E-state index in [1.165, 1.54) is 53.8 Å². The average molecular weight is 662 g/mol. The van der Waals surface area contributed by atoms with Gasteiger partial charge >= 0.3 is 0 Å². The van der Waals surface area contributed by atoms with Gasteiger partial charge in [-0.15, -0.1) is 0 Å². The molecule has 1 saturated heterocycles. The highest BCUT2D eigenvalue weighted by Gasteiger charge is 2.40. The molecule has 0 aromatic heterocycles. The van der Waals surface area contributed by atoms with E-state index in [-0.39, 0.29) is 23.9 Å². The van der Waals surface area contributed by atoms with Crippen molar-refractivity contribution in [2.45, 2.75) is 88.8 Å². The molecule has 49 heavy (non-hydrogen) atoms. The second-order valence-electron chi connectivity index (χ2n) is 14.4. The molecule has 1 saturated carbocycles. The van der Waals surface area contributed by atoms with Crippen LogP contribution in [0.5, 0.6) is 0 Å². The van der Waals surface area contributed by atoms with Crippen LogP contribution in [0.3, 0.4) is 0 Å². The molecule has 7 heteroatoms. The first-order chi connectivity index (χ1) is 24.0. The lowest BCUT2D eigenvalue weighted by molar-refractivity contribution is -0.148. The van der Waals surface area contributed by atoms with E-state index < -0.39 is 6.04 Å². The maximum atomic E-state index is 14.3. The summed E-state index contributed by atoms with van der Waals surface area (Å²) in [4.78, 5) is 32.7. The third-order valence-electron chi connectivity index (χ3n) is 10.9. The van der Waals surface area contributed by atoms with E-state index in [9.17, 15) is 9.59 Å². The second kappa shape index (κ2) is 17.2. The summed E-state index contributed by atoms with van der Waals surface area (Å²) in [7, 11) is 0. The van der Waals surface area contributed by atoms with Gasteiger partial charge in [-0.25, -0.2) is 0 Å². The number of nitrogens with zero attached hydrogens (tertiary/aromatic N) is 2. The van der Waals surface area contributed by atoms with Crippen molar-refractivity contribution < 1.29 is 9.59 Å². The van der Waals surface area contributed by atoms with Crippen LogP contribution in [0.25, 0.3) is 21.5 Å².